The van der Waals surface area contributed by atoms with Crippen LogP contribution in [-0.2, 0) is 0 Å². The molecule has 1 aliphatic heterocycles. The Morgan fingerprint density at radius 1 is 1.56 bits per heavy atom. The molecule has 0 aromatic carbocycles. The van der Waals surface area contributed by atoms with Crippen molar-refractivity contribution in [3.8, 4) is 0 Å². The van der Waals surface area contributed by atoms with Crippen LogP contribution in [0.25, 0.3) is 0 Å². The minimum atomic E-state index is -0.319. The molecule has 0 radical (unpaired) electrons. The normalized spacial score (nSPS) is 20.8. The second kappa shape index (κ2) is 4.58. The largest absolute Gasteiger partial charge is 0.351 e. The molecular weight excluding hydrogens is 227 g/mol. The summed E-state index contributed by atoms with van der Waals surface area (Å²) in [4.78, 5) is 6.18. The van der Waals surface area contributed by atoms with Gasteiger partial charge in [-0.25, -0.2) is 9.37 Å². The zero-order valence-electron chi connectivity index (χ0n) is 9.58. The number of rotatable bonds is 2. The maximum atomic E-state index is 13.8. The average Bonchev–Trinajstić information content (AvgIpc) is 2.66. The van der Waals surface area contributed by atoms with Crippen molar-refractivity contribution in [3.63, 3.8) is 0 Å². The summed E-state index contributed by atoms with van der Waals surface area (Å²) in [6.07, 6.45) is 3.73. The van der Waals surface area contributed by atoms with Gasteiger partial charge in [0.15, 0.2) is 11.6 Å². The lowest BCUT2D eigenvalue weighted by atomic mass is 10.0. The molecule has 4 heteroatoms. The third-order valence-corrected chi connectivity index (χ3v) is 3.34. The fourth-order valence-corrected chi connectivity index (χ4v) is 2.51. The van der Waals surface area contributed by atoms with Crippen LogP contribution >= 0.6 is 11.6 Å². The Bertz CT molecular complexity index is 381. The molecule has 1 aromatic rings. The monoisotopic (exact) mass is 242 g/mol. The van der Waals surface area contributed by atoms with Crippen LogP contribution in [0.3, 0.4) is 0 Å². The van der Waals surface area contributed by atoms with Crippen molar-refractivity contribution in [3.05, 3.63) is 23.1 Å². The molecule has 2 nitrogen and oxygen atoms in total. The van der Waals surface area contributed by atoms with E-state index >= 15 is 0 Å². The molecule has 1 unspecified atom stereocenters. The maximum absolute atomic E-state index is 13.8. The molecular formula is C12H16ClFN2. The van der Waals surface area contributed by atoms with Gasteiger partial charge < -0.3 is 4.90 Å². The molecule has 1 fully saturated rings. The van der Waals surface area contributed by atoms with Crippen molar-refractivity contribution in [1.29, 1.82) is 0 Å². The first kappa shape index (κ1) is 11.6. The second-order valence-corrected chi connectivity index (χ2v) is 5.04. The summed E-state index contributed by atoms with van der Waals surface area (Å²) >= 11 is 5.70. The minimum Gasteiger partial charge on any atom is -0.351 e. The smallest absolute Gasteiger partial charge is 0.167 e. The Morgan fingerprint density at radius 2 is 2.31 bits per heavy atom. The van der Waals surface area contributed by atoms with E-state index in [1.807, 2.05) is 0 Å². The van der Waals surface area contributed by atoms with Crippen LogP contribution in [0.15, 0.2) is 12.3 Å². The molecule has 0 aliphatic carbocycles. The number of nitrogens with zero attached hydrogens (tertiary/aromatic N) is 2. The molecule has 88 valence electrons. The Kier molecular flexibility index (Phi) is 3.33. The number of halogens is 2. The van der Waals surface area contributed by atoms with Crippen molar-refractivity contribution in [2.75, 3.05) is 11.4 Å². The zero-order valence-corrected chi connectivity index (χ0v) is 10.3. The first-order valence-corrected chi connectivity index (χ1v) is 6.05. The molecule has 0 spiro atoms. The van der Waals surface area contributed by atoms with Gasteiger partial charge in [-0.1, -0.05) is 25.4 Å². The number of pyridine rings is 1. The van der Waals surface area contributed by atoms with Crippen LogP contribution in [0.5, 0.6) is 0 Å². The SMILES string of the molecule is CC(C)C1CCCN1c1ncc(Cl)cc1F. The Hall–Kier alpha value is -0.830. The van der Waals surface area contributed by atoms with Gasteiger partial charge in [-0.05, 0) is 24.8 Å². The van der Waals surface area contributed by atoms with E-state index in [1.165, 1.54) is 12.3 Å². The van der Waals surface area contributed by atoms with Gasteiger partial charge in [-0.2, -0.15) is 0 Å². The van der Waals surface area contributed by atoms with Gasteiger partial charge in [0.25, 0.3) is 0 Å². The highest BCUT2D eigenvalue weighted by Gasteiger charge is 2.29. The van der Waals surface area contributed by atoms with Crippen molar-refractivity contribution in [1.82, 2.24) is 4.98 Å². The number of hydrogen-bond acceptors (Lipinski definition) is 2. The van der Waals surface area contributed by atoms with Gasteiger partial charge in [0.05, 0.1) is 5.02 Å². The first-order chi connectivity index (χ1) is 7.59. The van der Waals surface area contributed by atoms with E-state index in [-0.39, 0.29) is 5.82 Å². The van der Waals surface area contributed by atoms with E-state index in [1.54, 1.807) is 0 Å². The van der Waals surface area contributed by atoms with Crippen molar-refractivity contribution in [2.24, 2.45) is 5.92 Å². The fraction of sp³-hybridized carbons (Fsp3) is 0.583. The zero-order chi connectivity index (χ0) is 11.7. The summed E-state index contributed by atoms with van der Waals surface area (Å²) in [5.74, 6) is 0.639. The first-order valence-electron chi connectivity index (χ1n) is 5.67. The van der Waals surface area contributed by atoms with Crippen LogP contribution in [0.4, 0.5) is 10.2 Å². The number of hydrogen-bond donors (Lipinski definition) is 0. The Labute approximate surface area is 100 Å². The summed E-state index contributed by atoms with van der Waals surface area (Å²) < 4.78 is 13.8. The summed E-state index contributed by atoms with van der Waals surface area (Å²) in [6, 6.07) is 1.72. The van der Waals surface area contributed by atoms with Crippen molar-refractivity contribution < 1.29 is 4.39 Å². The summed E-state index contributed by atoms with van der Waals surface area (Å²) in [5.41, 5.74) is 0. The number of anilines is 1. The summed E-state index contributed by atoms with van der Waals surface area (Å²) in [6.45, 7) is 5.21. The van der Waals surface area contributed by atoms with E-state index in [2.05, 4.69) is 23.7 Å². The Morgan fingerprint density at radius 3 is 2.94 bits per heavy atom. The lowest BCUT2D eigenvalue weighted by Gasteiger charge is -2.28. The summed E-state index contributed by atoms with van der Waals surface area (Å²) in [7, 11) is 0. The topological polar surface area (TPSA) is 16.1 Å². The van der Waals surface area contributed by atoms with E-state index in [0.29, 0.717) is 22.8 Å². The van der Waals surface area contributed by atoms with E-state index in [9.17, 15) is 4.39 Å². The third-order valence-electron chi connectivity index (χ3n) is 3.13. The molecule has 0 amide bonds. The molecule has 0 saturated carbocycles. The van der Waals surface area contributed by atoms with Gasteiger partial charge in [0.1, 0.15) is 0 Å². The van der Waals surface area contributed by atoms with E-state index in [0.717, 1.165) is 19.4 Å². The highest BCUT2D eigenvalue weighted by molar-refractivity contribution is 6.30. The van der Waals surface area contributed by atoms with E-state index < -0.39 is 0 Å². The molecule has 16 heavy (non-hydrogen) atoms. The van der Waals surface area contributed by atoms with Gasteiger partial charge in [-0.15, -0.1) is 0 Å². The molecule has 1 atom stereocenters. The van der Waals surface area contributed by atoms with Gasteiger partial charge >= 0.3 is 0 Å². The van der Waals surface area contributed by atoms with E-state index in [4.69, 9.17) is 11.6 Å². The molecule has 2 rings (SSSR count). The van der Waals surface area contributed by atoms with Crippen LogP contribution in [0.2, 0.25) is 5.02 Å². The van der Waals surface area contributed by atoms with Gasteiger partial charge in [0, 0.05) is 18.8 Å². The second-order valence-electron chi connectivity index (χ2n) is 4.61. The van der Waals surface area contributed by atoms with Crippen LogP contribution in [0.1, 0.15) is 26.7 Å². The average molecular weight is 243 g/mol. The van der Waals surface area contributed by atoms with Crippen LogP contribution in [0, 0.1) is 11.7 Å². The minimum absolute atomic E-state index is 0.319. The highest BCUT2D eigenvalue weighted by Crippen LogP contribution is 2.30. The highest BCUT2D eigenvalue weighted by atomic mass is 35.5. The van der Waals surface area contributed by atoms with Crippen LogP contribution < -0.4 is 4.90 Å². The van der Waals surface area contributed by atoms with Gasteiger partial charge in [-0.3, -0.25) is 0 Å². The fourth-order valence-electron chi connectivity index (χ4n) is 2.37. The predicted molar refractivity (Wildman–Crippen MR) is 64.4 cm³/mol. The van der Waals surface area contributed by atoms with Crippen LogP contribution in [-0.4, -0.2) is 17.6 Å². The molecule has 1 aromatic heterocycles. The van der Waals surface area contributed by atoms with Crippen molar-refractivity contribution in [2.45, 2.75) is 32.7 Å². The molecule has 1 aliphatic rings. The third kappa shape index (κ3) is 2.14. The maximum Gasteiger partial charge on any atom is 0.167 e. The van der Waals surface area contributed by atoms with Crippen molar-refractivity contribution >= 4 is 17.4 Å². The lowest BCUT2D eigenvalue weighted by Crippen LogP contribution is -2.34. The molecule has 2 heterocycles. The quantitative estimate of drug-likeness (QED) is 0.789. The molecule has 1 saturated heterocycles. The van der Waals surface area contributed by atoms with Gasteiger partial charge in [0.2, 0.25) is 0 Å². The predicted octanol–water partition coefficient (Wildman–Crippen LogP) is 3.50. The summed E-state index contributed by atoms with van der Waals surface area (Å²) in [5, 5.41) is 0.349. The molecule has 0 bridgehead atoms. The Balaban J connectivity index is 2.29. The molecule has 0 N–H and O–H groups in total. The number of aromatic nitrogens is 1. The standard InChI is InChI=1S/C12H16ClFN2/c1-8(2)11-4-3-5-16(11)12-10(14)6-9(13)7-15-12/h6-8,11H,3-5H2,1-2H3. The lowest BCUT2D eigenvalue weighted by molar-refractivity contribution is 0.482.